The molecule has 9 heteroatoms. The third-order valence-electron chi connectivity index (χ3n) is 15.3. The SMILES string of the molecule is CC/C=C\C/C=C\C/C=C\C/C=C\C/C=C\C/C=C\C/C=C\C/C=C\C/C=C\CCCCCCCCCCCCCC(=O)NC(COC1OC(CO)C(O)C(O)C1O)C(O)/C=C/CCCCCCCCCCCCCCCCCCCC. The molecule has 0 spiro atoms. The van der Waals surface area contributed by atoms with Gasteiger partial charge in [-0.05, 0) is 89.9 Å². The summed E-state index contributed by atoms with van der Waals surface area (Å²) in [4.78, 5) is 13.1. The summed E-state index contributed by atoms with van der Waals surface area (Å²) >= 11 is 0. The number of allylic oxidation sites excluding steroid dienone is 19. The monoisotopic (exact) mass is 1140 g/mol. The van der Waals surface area contributed by atoms with Crippen LogP contribution in [0, 0.1) is 0 Å². The quantitative estimate of drug-likeness (QED) is 0.0261. The molecule has 0 bridgehead atoms. The second kappa shape index (κ2) is 60.7. The van der Waals surface area contributed by atoms with Crippen LogP contribution in [-0.2, 0) is 14.3 Å². The second-order valence-electron chi connectivity index (χ2n) is 22.9. The topological polar surface area (TPSA) is 149 Å². The van der Waals surface area contributed by atoms with Crippen LogP contribution in [0.3, 0.4) is 0 Å². The molecule has 6 N–H and O–H groups in total. The van der Waals surface area contributed by atoms with Crippen LogP contribution in [0.4, 0.5) is 0 Å². The molecule has 0 aromatic carbocycles. The standard InChI is InChI=1S/C73H125NO8/c1-3-5-7-9-11-13-15-17-19-21-23-25-26-27-28-29-30-31-32-33-34-35-36-37-38-39-40-41-42-43-45-47-49-51-53-55-57-59-61-63-69(77)74-66(65-81-73-72(80)71(79)70(78)68(64-75)82-73)67(76)62-60-58-56-54-52-50-48-46-44-24-22-20-18-16-14-12-10-8-6-4-2/h5,7,11,13,17,19,23,25,27-28,30-31,33-34,36-37,39-40,60,62,66-68,70-73,75-76,78-80H,3-4,6,8-10,12,14-16,18,20-22,24,26,29,32,35,38,41-59,61,63-65H2,1-2H3,(H,74,77)/b7-5-,13-11-,19-17-,25-23-,28-27-,31-30-,34-33-,37-36-,40-39-,62-60+. The Balaban J connectivity index is 2.15. The Hall–Kier alpha value is -3.41. The fraction of sp³-hybridized carbons (Fsp3) is 0.712. The predicted octanol–water partition coefficient (Wildman–Crippen LogP) is 18.2. The number of amides is 1. The Morgan fingerprint density at radius 3 is 1.12 bits per heavy atom. The van der Waals surface area contributed by atoms with Crippen molar-refractivity contribution < 1.29 is 39.8 Å². The van der Waals surface area contributed by atoms with Gasteiger partial charge in [-0.25, -0.2) is 0 Å². The van der Waals surface area contributed by atoms with Crippen LogP contribution < -0.4 is 5.32 Å². The highest BCUT2D eigenvalue weighted by molar-refractivity contribution is 5.76. The molecule has 1 aliphatic heterocycles. The number of carbonyl (C=O) groups excluding carboxylic acids is 1. The van der Waals surface area contributed by atoms with Gasteiger partial charge in [0.2, 0.25) is 5.91 Å². The van der Waals surface area contributed by atoms with E-state index in [2.05, 4.69) is 129 Å². The molecule has 1 aliphatic rings. The number of carbonyl (C=O) groups is 1. The summed E-state index contributed by atoms with van der Waals surface area (Å²) in [7, 11) is 0. The lowest BCUT2D eigenvalue weighted by molar-refractivity contribution is -0.302. The minimum absolute atomic E-state index is 0.182. The van der Waals surface area contributed by atoms with Crippen molar-refractivity contribution in [1.82, 2.24) is 5.32 Å². The van der Waals surface area contributed by atoms with Gasteiger partial charge in [-0.1, -0.05) is 302 Å². The number of ether oxygens (including phenoxy) is 2. The number of aliphatic hydroxyl groups excluding tert-OH is 5. The maximum absolute atomic E-state index is 13.1. The molecule has 0 saturated carbocycles. The highest BCUT2D eigenvalue weighted by atomic mass is 16.7. The van der Waals surface area contributed by atoms with Crippen LogP contribution in [0.5, 0.6) is 0 Å². The lowest BCUT2D eigenvalue weighted by atomic mass is 9.99. The average molecular weight is 1140 g/mol. The normalized spacial score (nSPS) is 19.1. The summed E-state index contributed by atoms with van der Waals surface area (Å²) in [5, 5.41) is 54.7. The van der Waals surface area contributed by atoms with Gasteiger partial charge in [0.25, 0.3) is 0 Å². The molecule has 82 heavy (non-hydrogen) atoms. The first-order chi connectivity index (χ1) is 40.3. The van der Waals surface area contributed by atoms with Gasteiger partial charge in [-0.3, -0.25) is 4.79 Å². The van der Waals surface area contributed by atoms with E-state index in [1.54, 1.807) is 6.08 Å². The maximum Gasteiger partial charge on any atom is 0.220 e. The lowest BCUT2D eigenvalue weighted by Gasteiger charge is -2.40. The molecule has 1 fully saturated rings. The largest absolute Gasteiger partial charge is 0.394 e. The highest BCUT2D eigenvalue weighted by Gasteiger charge is 2.44. The van der Waals surface area contributed by atoms with Crippen molar-refractivity contribution in [2.24, 2.45) is 0 Å². The first kappa shape index (κ1) is 76.6. The fourth-order valence-electron chi connectivity index (χ4n) is 10.0. The molecule has 7 atom stereocenters. The first-order valence-electron chi connectivity index (χ1n) is 33.8. The van der Waals surface area contributed by atoms with Crippen molar-refractivity contribution in [2.75, 3.05) is 13.2 Å². The van der Waals surface area contributed by atoms with Crippen molar-refractivity contribution in [3.05, 3.63) is 122 Å². The fourth-order valence-corrected chi connectivity index (χ4v) is 10.0. The van der Waals surface area contributed by atoms with Crippen molar-refractivity contribution in [3.63, 3.8) is 0 Å². The number of nitrogens with one attached hydrogen (secondary N) is 1. The number of aliphatic hydroxyl groups is 5. The van der Waals surface area contributed by atoms with Gasteiger partial charge < -0.3 is 40.3 Å². The van der Waals surface area contributed by atoms with Crippen LogP contribution in [0.15, 0.2) is 122 Å². The van der Waals surface area contributed by atoms with Gasteiger partial charge in [-0.2, -0.15) is 0 Å². The zero-order valence-electron chi connectivity index (χ0n) is 52.5. The molecule has 470 valence electrons. The van der Waals surface area contributed by atoms with Crippen LogP contribution in [-0.4, -0.2) is 87.5 Å². The second-order valence-corrected chi connectivity index (χ2v) is 22.9. The molecule has 1 amide bonds. The molecule has 7 unspecified atom stereocenters. The smallest absolute Gasteiger partial charge is 0.220 e. The Kier molecular flexibility index (Phi) is 56.7. The van der Waals surface area contributed by atoms with E-state index >= 15 is 0 Å². The van der Waals surface area contributed by atoms with Crippen molar-refractivity contribution in [2.45, 2.75) is 320 Å². The molecule has 0 aromatic heterocycles. The third-order valence-corrected chi connectivity index (χ3v) is 15.3. The Morgan fingerprint density at radius 2 is 0.756 bits per heavy atom. The van der Waals surface area contributed by atoms with E-state index in [0.717, 1.165) is 103 Å². The molecular formula is C73H125NO8. The van der Waals surface area contributed by atoms with Gasteiger partial charge >= 0.3 is 0 Å². The summed E-state index contributed by atoms with van der Waals surface area (Å²) in [6.07, 6.45) is 84.2. The minimum atomic E-state index is -1.57. The van der Waals surface area contributed by atoms with Gasteiger partial charge in [0.1, 0.15) is 24.4 Å². The van der Waals surface area contributed by atoms with E-state index < -0.39 is 49.5 Å². The zero-order chi connectivity index (χ0) is 59.3. The van der Waals surface area contributed by atoms with Gasteiger partial charge in [0.15, 0.2) is 6.29 Å². The summed E-state index contributed by atoms with van der Waals surface area (Å²) in [6, 6.07) is -0.815. The van der Waals surface area contributed by atoms with E-state index in [1.807, 2.05) is 6.08 Å². The predicted molar refractivity (Wildman–Crippen MR) is 350 cm³/mol. The zero-order valence-corrected chi connectivity index (χ0v) is 52.5. The Labute approximate surface area is 503 Å². The van der Waals surface area contributed by atoms with E-state index in [4.69, 9.17) is 9.47 Å². The molecular weight excluding hydrogens is 1020 g/mol. The van der Waals surface area contributed by atoms with E-state index in [1.165, 1.54) is 154 Å². The van der Waals surface area contributed by atoms with Crippen LogP contribution in [0.1, 0.15) is 277 Å². The Morgan fingerprint density at radius 1 is 0.427 bits per heavy atom. The molecule has 1 heterocycles. The summed E-state index contributed by atoms with van der Waals surface area (Å²) in [6.45, 7) is 3.68. The van der Waals surface area contributed by atoms with E-state index in [0.29, 0.717) is 6.42 Å². The molecule has 0 aromatic rings. The summed E-state index contributed by atoms with van der Waals surface area (Å²) < 4.78 is 11.3. The van der Waals surface area contributed by atoms with Crippen molar-refractivity contribution >= 4 is 5.91 Å². The minimum Gasteiger partial charge on any atom is -0.394 e. The number of hydrogen-bond donors (Lipinski definition) is 6. The van der Waals surface area contributed by atoms with Crippen molar-refractivity contribution in [1.29, 1.82) is 0 Å². The number of hydrogen-bond acceptors (Lipinski definition) is 8. The van der Waals surface area contributed by atoms with E-state index in [9.17, 15) is 30.3 Å². The molecule has 0 aliphatic carbocycles. The third kappa shape index (κ3) is 48.9. The molecule has 1 saturated heterocycles. The van der Waals surface area contributed by atoms with Gasteiger partial charge in [0, 0.05) is 6.42 Å². The molecule has 0 radical (unpaired) electrons. The van der Waals surface area contributed by atoms with Gasteiger partial charge in [-0.15, -0.1) is 0 Å². The first-order valence-corrected chi connectivity index (χ1v) is 33.8. The highest BCUT2D eigenvalue weighted by Crippen LogP contribution is 2.23. The maximum atomic E-state index is 13.1. The van der Waals surface area contributed by atoms with E-state index in [-0.39, 0.29) is 12.5 Å². The molecule has 9 nitrogen and oxygen atoms in total. The lowest BCUT2D eigenvalue weighted by Crippen LogP contribution is -2.60. The number of rotatable bonds is 57. The number of unbranched alkanes of at least 4 members (excludes halogenated alkanes) is 29. The Bertz CT molecular complexity index is 1710. The molecule has 1 rings (SSSR count). The summed E-state index contributed by atoms with van der Waals surface area (Å²) in [5.41, 5.74) is 0. The van der Waals surface area contributed by atoms with Crippen LogP contribution in [0.25, 0.3) is 0 Å². The average Bonchev–Trinajstić information content (AvgIpc) is 3.52. The van der Waals surface area contributed by atoms with Crippen molar-refractivity contribution in [3.8, 4) is 0 Å². The summed E-state index contributed by atoms with van der Waals surface area (Å²) in [5.74, 6) is -0.182. The van der Waals surface area contributed by atoms with Crippen LogP contribution >= 0.6 is 0 Å². The van der Waals surface area contributed by atoms with Gasteiger partial charge in [0.05, 0.1) is 25.4 Å². The van der Waals surface area contributed by atoms with Crippen LogP contribution in [0.2, 0.25) is 0 Å².